The highest BCUT2D eigenvalue weighted by molar-refractivity contribution is 5.94. The highest BCUT2D eigenvalue weighted by Gasteiger charge is 2.19. The number of para-hydroxylation sites is 1. The molecule has 124 valence electrons. The van der Waals surface area contributed by atoms with E-state index in [1.807, 2.05) is 13.0 Å². The van der Waals surface area contributed by atoms with Gasteiger partial charge in [0.05, 0.1) is 17.7 Å². The Kier molecular flexibility index (Phi) is 5.85. The Morgan fingerprint density at radius 1 is 1.21 bits per heavy atom. The van der Waals surface area contributed by atoms with Crippen molar-refractivity contribution in [2.45, 2.75) is 26.0 Å². The van der Waals surface area contributed by atoms with Gasteiger partial charge in [-0.25, -0.2) is 0 Å². The minimum absolute atomic E-state index is 0.0412. The molecule has 24 heavy (non-hydrogen) atoms. The van der Waals surface area contributed by atoms with E-state index in [1.165, 1.54) is 6.07 Å². The summed E-state index contributed by atoms with van der Waals surface area (Å²) < 4.78 is 29.6. The van der Waals surface area contributed by atoms with Crippen molar-refractivity contribution in [3.8, 4) is 11.8 Å². The van der Waals surface area contributed by atoms with E-state index in [-0.39, 0.29) is 11.7 Å². The van der Waals surface area contributed by atoms with Crippen LogP contribution in [0.25, 0.3) is 0 Å². The Morgan fingerprint density at radius 2 is 1.88 bits per heavy atom. The van der Waals surface area contributed by atoms with E-state index in [2.05, 4.69) is 10.1 Å². The zero-order valence-electron chi connectivity index (χ0n) is 13.0. The summed E-state index contributed by atoms with van der Waals surface area (Å²) in [5.74, 6) is -0.308. The third-order valence-corrected chi connectivity index (χ3v) is 3.50. The van der Waals surface area contributed by atoms with Crippen molar-refractivity contribution >= 4 is 5.91 Å². The lowest BCUT2D eigenvalue weighted by atomic mass is 10.0. The molecule has 2 aromatic carbocycles. The Balaban J connectivity index is 2.20. The molecule has 4 nitrogen and oxygen atoms in total. The summed E-state index contributed by atoms with van der Waals surface area (Å²) in [5, 5.41) is 11.6. The number of carbonyl (C=O) groups is 1. The SMILES string of the molecule is CCC(NC(=O)c1ccc(C#N)cc1)c1ccccc1OC(F)F. The lowest BCUT2D eigenvalue weighted by molar-refractivity contribution is -0.0506. The second kappa shape index (κ2) is 8.06. The fourth-order valence-corrected chi connectivity index (χ4v) is 2.31. The largest absolute Gasteiger partial charge is 0.434 e. The topological polar surface area (TPSA) is 62.1 Å². The van der Waals surface area contributed by atoms with Gasteiger partial charge in [-0.2, -0.15) is 14.0 Å². The van der Waals surface area contributed by atoms with Crippen LogP contribution in [0.3, 0.4) is 0 Å². The standard InChI is InChI=1S/C18H16F2N2O2/c1-2-15(14-5-3-4-6-16(14)24-18(19)20)22-17(23)13-9-7-12(11-21)8-10-13/h3-10,15,18H,2H2,1H3,(H,22,23). The molecular weight excluding hydrogens is 314 g/mol. The average molecular weight is 330 g/mol. The number of ether oxygens (including phenoxy) is 1. The lowest BCUT2D eigenvalue weighted by Crippen LogP contribution is -2.28. The normalized spacial score (nSPS) is 11.6. The smallest absolute Gasteiger partial charge is 0.387 e. The van der Waals surface area contributed by atoms with Crippen molar-refractivity contribution in [1.29, 1.82) is 5.26 Å². The van der Waals surface area contributed by atoms with Crippen LogP contribution in [-0.4, -0.2) is 12.5 Å². The maximum Gasteiger partial charge on any atom is 0.387 e. The maximum absolute atomic E-state index is 12.5. The van der Waals surface area contributed by atoms with Gasteiger partial charge >= 0.3 is 6.61 Å². The van der Waals surface area contributed by atoms with Gasteiger partial charge in [-0.1, -0.05) is 25.1 Å². The van der Waals surface area contributed by atoms with Gasteiger partial charge in [0.2, 0.25) is 0 Å². The molecular formula is C18H16F2N2O2. The van der Waals surface area contributed by atoms with Gasteiger partial charge in [-0.05, 0) is 36.8 Å². The van der Waals surface area contributed by atoms with Gasteiger partial charge in [-0.15, -0.1) is 0 Å². The van der Waals surface area contributed by atoms with Gasteiger partial charge in [0.1, 0.15) is 5.75 Å². The molecule has 0 fully saturated rings. The monoisotopic (exact) mass is 330 g/mol. The molecule has 6 heteroatoms. The molecule has 2 aromatic rings. The molecule has 0 aliphatic heterocycles. The molecule has 0 radical (unpaired) electrons. The Labute approximate surface area is 138 Å². The summed E-state index contributed by atoms with van der Waals surface area (Å²) in [7, 11) is 0. The number of hydrogen-bond acceptors (Lipinski definition) is 3. The molecule has 0 aromatic heterocycles. The van der Waals surface area contributed by atoms with Crippen LogP contribution in [0.2, 0.25) is 0 Å². The van der Waals surface area contributed by atoms with Gasteiger partial charge in [0.15, 0.2) is 0 Å². The first-order chi connectivity index (χ1) is 11.5. The van der Waals surface area contributed by atoms with Crippen LogP contribution < -0.4 is 10.1 Å². The first kappa shape index (κ1) is 17.4. The fourth-order valence-electron chi connectivity index (χ4n) is 2.31. The van der Waals surface area contributed by atoms with Crippen LogP contribution in [0.4, 0.5) is 8.78 Å². The number of nitrogens with one attached hydrogen (secondary N) is 1. The molecule has 0 bridgehead atoms. The summed E-state index contributed by atoms with van der Waals surface area (Å²) in [6.07, 6.45) is 0.506. The molecule has 1 amide bonds. The number of rotatable bonds is 6. The molecule has 0 heterocycles. The van der Waals surface area contributed by atoms with Crippen LogP contribution in [0, 0.1) is 11.3 Å². The second-order valence-corrected chi connectivity index (χ2v) is 5.04. The summed E-state index contributed by atoms with van der Waals surface area (Å²) in [5.41, 5.74) is 1.33. The molecule has 0 saturated carbocycles. The van der Waals surface area contributed by atoms with E-state index >= 15 is 0 Å². The summed E-state index contributed by atoms with van der Waals surface area (Å²) in [4.78, 5) is 12.3. The zero-order chi connectivity index (χ0) is 17.5. The number of halogens is 2. The predicted molar refractivity (Wildman–Crippen MR) is 84.7 cm³/mol. The number of alkyl halides is 2. The van der Waals surface area contributed by atoms with E-state index in [1.54, 1.807) is 42.5 Å². The Morgan fingerprint density at radius 3 is 2.46 bits per heavy atom. The maximum atomic E-state index is 12.5. The van der Waals surface area contributed by atoms with E-state index in [0.717, 1.165) is 0 Å². The highest BCUT2D eigenvalue weighted by Crippen LogP contribution is 2.28. The van der Waals surface area contributed by atoms with Gasteiger partial charge in [0, 0.05) is 11.1 Å². The van der Waals surface area contributed by atoms with Crippen LogP contribution in [0.1, 0.15) is 40.9 Å². The van der Waals surface area contributed by atoms with Gasteiger partial charge in [-0.3, -0.25) is 4.79 Å². The third kappa shape index (κ3) is 4.29. The molecule has 1 unspecified atom stereocenters. The first-order valence-electron chi connectivity index (χ1n) is 7.40. The number of amides is 1. The van der Waals surface area contributed by atoms with Crippen molar-refractivity contribution in [1.82, 2.24) is 5.32 Å². The summed E-state index contributed by atoms with van der Waals surface area (Å²) in [6, 6.07) is 14.1. The van der Waals surface area contributed by atoms with E-state index in [0.29, 0.717) is 23.1 Å². The predicted octanol–water partition coefficient (Wildman–Crippen LogP) is 4.04. The minimum atomic E-state index is -2.93. The number of nitrogens with zero attached hydrogens (tertiary/aromatic N) is 1. The Hall–Kier alpha value is -2.94. The van der Waals surface area contributed by atoms with Crippen LogP contribution in [0.15, 0.2) is 48.5 Å². The van der Waals surface area contributed by atoms with Crippen molar-refractivity contribution in [3.63, 3.8) is 0 Å². The van der Waals surface area contributed by atoms with Gasteiger partial charge in [0.25, 0.3) is 5.91 Å². The molecule has 0 saturated heterocycles. The average Bonchev–Trinajstić information content (AvgIpc) is 2.59. The zero-order valence-corrected chi connectivity index (χ0v) is 13.0. The van der Waals surface area contributed by atoms with Crippen molar-refractivity contribution in [3.05, 3.63) is 65.2 Å². The number of carbonyl (C=O) groups excluding carboxylic acids is 1. The van der Waals surface area contributed by atoms with E-state index in [9.17, 15) is 13.6 Å². The van der Waals surface area contributed by atoms with Crippen molar-refractivity contribution < 1.29 is 18.3 Å². The highest BCUT2D eigenvalue weighted by atomic mass is 19.3. The second-order valence-electron chi connectivity index (χ2n) is 5.04. The van der Waals surface area contributed by atoms with Crippen LogP contribution in [-0.2, 0) is 0 Å². The molecule has 0 aliphatic carbocycles. The molecule has 0 aliphatic rings. The quantitative estimate of drug-likeness (QED) is 0.869. The third-order valence-electron chi connectivity index (χ3n) is 3.50. The van der Waals surface area contributed by atoms with Gasteiger partial charge < -0.3 is 10.1 Å². The number of nitriles is 1. The number of hydrogen-bond donors (Lipinski definition) is 1. The Bertz CT molecular complexity index is 739. The van der Waals surface area contributed by atoms with Crippen LogP contribution >= 0.6 is 0 Å². The van der Waals surface area contributed by atoms with Crippen molar-refractivity contribution in [2.75, 3.05) is 0 Å². The summed E-state index contributed by atoms with van der Waals surface area (Å²) in [6.45, 7) is -1.10. The number of benzene rings is 2. The molecule has 0 spiro atoms. The van der Waals surface area contributed by atoms with E-state index < -0.39 is 12.7 Å². The van der Waals surface area contributed by atoms with Crippen LogP contribution in [0.5, 0.6) is 5.75 Å². The molecule has 2 rings (SSSR count). The summed E-state index contributed by atoms with van der Waals surface area (Å²) >= 11 is 0. The first-order valence-corrected chi connectivity index (χ1v) is 7.40. The minimum Gasteiger partial charge on any atom is -0.434 e. The molecule has 1 atom stereocenters. The lowest BCUT2D eigenvalue weighted by Gasteiger charge is -2.20. The molecule has 1 N–H and O–H groups in total. The van der Waals surface area contributed by atoms with E-state index in [4.69, 9.17) is 5.26 Å². The fraction of sp³-hybridized carbons (Fsp3) is 0.222. The van der Waals surface area contributed by atoms with Crippen molar-refractivity contribution in [2.24, 2.45) is 0 Å².